The third-order valence-corrected chi connectivity index (χ3v) is 4.80. The van der Waals surface area contributed by atoms with Crippen LogP contribution in [0.1, 0.15) is 11.1 Å². The minimum absolute atomic E-state index is 0.0848. The number of fused-ring (bicyclic) bond motifs is 1. The van der Waals surface area contributed by atoms with Gasteiger partial charge >= 0.3 is 5.63 Å². The van der Waals surface area contributed by atoms with Crippen molar-refractivity contribution in [3.8, 4) is 16.9 Å². The Morgan fingerprint density at radius 3 is 2.57 bits per heavy atom. The number of benzene rings is 3. The van der Waals surface area contributed by atoms with Crippen LogP contribution in [0.25, 0.3) is 22.1 Å². The van der Waals surface area contributed by atoms with Gasteiger partial charge in [-0.25, -0.2) is 4.79 Å². The molecule has 0 unspecified atom stereocenters. The van der Waals surface area contributed by atoms with Crippen molar-refractivity contribution in [3.63, 3.8) is 0 Å². The van der Waals surface area contributed by atoms with Crippen LogP contribution < -0.4 is 15.7 Å². The van der Waals surface area contributed by atoms with E-state index in [0.29, 0.717) is 22.6 Å². The normalized spacial score (nSPS) is 10.7. The summed E-state index contributed by atoms with van der Waals surface area (Å²) in [5.41, 5.74) is 3.99. The Bertz CT molecular complexity index is 1290. The first-order valence-corrected chi connectivity index (χ1v) is 9.63. The van der Waals surface area contributed by atoms with Crippen molar-refractivity contribution in [1.82, 2.24) is 0 Å². The zero-order valence-electron chi connectivity index (χ0n) is 16.8. The fourth-order valence-corrected chi connectivity index (χ4v) is 3.34. The Morgan fingerprint density at radius 2 is 1.77 bits per heavy atom. The van der Waals surface area contributed by atoms with Crippen LogP contribution in [0.2, 0.25) is 0 Å². The molecule has 30 heavy (non-hydrogen) atoms. The Labute approximate surface area is 173 Å². The van der Waals surface area contributed by atoms with Gasteiger partial charge in [-0.2, -0.15) is 0 Å². The van der Waals surface area contributed by atoms with E-state index in [1.165, 1.54) is 0 Å². The lowest BCUT2D eigenvalue weighted by Crippen LogP contribution is -2.20. The van der Waals surface area contributed by atoms with E-state index >= 15 is 0 Å². The molecule has 0 fully saturated rings. The van der Waals surface area contributed by atoms with Crippen molar-refractivity contribution < 1.29 is 13.9 Å². The number of carbonyl (C=O) groups is 1. The number of ether oxygens (including phenoxy) is 1. The second-order valence-electron chi connectivity index (χ2n) is 7.17. The van der Waals surface area contributed by atoms with Gasteiger partial charge in [-0.3, -0.25) is 4.79 Å². The van der Waals surface area contributed by atoms with Crippen molar-refractivity contribution >= 4 is 22.6 Å². The smallest absolute Gasteiger partial charge is 0.344 e. The number of para-hydroxylation sites is 1. The van der Waals surface area contributed by atoms with Crippen molar-refractivity contribution in [2.75, 3.05) is 11.9 Å². The third kappa shape index (κ3) is 4.25. The van der Waals surface area contributed by atoms with E-state index in [4.69, 9.17) is 9.15 Å². The summed E-state index contributed by atoms with van der Waals surface area (Å²) >= 11 is 0. The first kappa shape index (κ1) is 19.5. The summed E-state index contributed by atoms with van der Waals surface area (Å²) in [5.74, 6) is 0.397. The van der Waals surface area contributed by atoms with Crippen LogP contribution in [-0.2, 0) is 4.79 Å². The standard InChI is InChI=1S/C25H21NO4/c1-16-6-5-8-20(12-16)29-15-24(27)26-19-10-11-21(17(2)13-19)22-14-18-7-3-4-9-23(18)30-25(22)28/h3-14H,15H2,1-2H3,(H,26,27). The molecule has 0 atom stereocenters. The molecule has 0 spiro atoms. The highest BCUT2D eigenvalue weighted by atomic mass is 16.5. The summed E-state index contributed by atoms with van der Waals surface area (Å²) in [6.45, 7) is 3.77. The van der Waals surface area contributed by atoms with Gasteiger partial charge in [0.2, 0.25) is 0 Å². The van der Waals surface area contributed by atoms with Crippen LogP contribution in [0, 0.1) is 13.8 Å². The van der Waals surface area contributed by atoms with Crippen LogP contribution in [0.15, 0.2) is 82.0 Å². The van der Waals surface area contributed by atoms with Crippen molar-refractivity contribution in [1.29, 1.82) is 0 Å². The average molecular weight is 399 g/mol. The maximum atomic E-state index is 12.4. The van der Waals surface area contributed by atoms with Crippen molar-refractivity contribution in [2.45, 2.75) is 13.8 Å². The van der Waals surface area contributed by atoms with E-state index in [1.54, 1.807) is 12.1 Å². The summed E-state index contributed by atoms with van der Waals surface area (Å²) in [6.07, 6.45) is 0. The van der Waals surface area contributed by atoms with Gasteiger partial charge in [0.1, 0.15) is 11.3 Å². The van der Waals surface area contributed by atoms with E-state index in [-0.39, 0.29) is 18.1 Å². The molecule has 5 nitrogen and oxygen atoms in total. The molecule has 0 radical (unpaired) electrons. The Balaban J connectivity index is 1.50. The molecule has 0 saturated heterocycles. The van der Waals surface area contributed by atoms with E-state index in [1.807, 2.05) is 74.5 Å². The average Bonchev–Trinajstić information content (AvgIpc) is 2.72. The molecule has 1 aromatic heterocycles. The molecular formula is C25H21NO4. The lowest BCUT2D eigenvalue weighted by molar-refractivity contribution is -0.118. The summed E-state index contributed by atoms with van der Waals surface area (Å²) in [5, 5.41) is 3.68. The monoisotopic (exact) mass is 399 g/mol. The predicted octanol–water partition coefficient (Wildman–Crippen LogP) is 5.09. The zero-order chi connectivity index (χ0) is 21.1. The molecule has 0 aliphatic rings. The number of anilines is 1. The molecule has 4 aromatic rings. The Kier molecular flexibility index (Phi) is 5.35. The molecule has 0 aliphatic heterocycles. The van der Waals surface area contributed by atoms with Gasteiger partial charge in [0.05, 0.1) is 5.56 Å². The summed E-state index contributed by atoms with van der Waals surface area (Å²) in [6, 6.07) is 22.2. The third-order valence-electron chi connectivity index (χ3n) is 4.80. The van der Waals surface area contributed by atoms with Crippen molar-refractivity contribution in [3.05, 3.63) is 94.3 Å². The highest BCUT2D eigenvalue weighted by molar-refractivity contribution is 5.92. The highest BCUT2D eigenvalue weighted by Crippen LogP contribution is 2.26. The van der Waals surface area contributed by atoms with Crippen molar-refractivity contribution in [2.24, 2.45) is 0 Å². The quantitative estimate of drug-likeness (QED) is 0.475. The van der Waals surface area contributed by atoms with Gasteiger partial charge in [0.15, 0.2) is 6.61 Å². The SMILES string of the molecule is Cc1cccc(OCC(=O)Nc2ccc(-c3cc4ccccc4oc3=O)c(C)c2)c1. The number of aryl methyl sites for hydroxylation is 2. The minimum Gasteiger partial charge on any atom is -0.484 e. The molecule has 1 heterocycles. The largest absolute Gasteiger partial charge is 0.484 e. The van der Waals surface area contributed by atoms with Gasteiger partial charge < -0.3 is 14.5 Å². The number of carbonyl (C=O) groups excluding carboxylic acids is 1. The van der Waals surface area contributed by atoms with E-state index in [2.05, 4.69) is 5.32 Å². The summed E-state index contributed by atoms with van der Waals surface area (Å²) in [4.78, 5) is 24.7. The van der Waals surface area contributed by atoms with Crippen LogP contribution >= 0.6 is 0 Å². The van der Waals surface area contributed by atoms with Gasteiger partial charge in [0.25, 0.3) is 5.91 Å². The second-order valence-corrected chi connectivity index (χ2v) is 7.17. The maximum absolute atomic E-state index is 12.4. The van der Waals surface area contributed by atoms with Gasteiger partial charge in [-0.15, -0.1) is 0 Å². The maximum Gasteiger partial charge on any atom is 0.344 e. The first-order valence-electron chi connectivity index (χ1n) is 9.63. The molecule has 3 aromatic carbocycles. The molecule has 150 valence electrons. The number of rotatable bonds is 5. The zero-order valence-corrected chi connectivity index (χ0v) is 16.8. The molecular weight excluding hydrogens is 378 g/mol. The second kappa shape index (κ2) is 8.25. The van der Waals surface area contributed by atoms with Crippen LogP contribution in [0.4, 0.5) is 5.69 Å². The van der Waals surface area contributed by atoms with Gasteiger partial charge in [0, 0.05) is 11.1 Å². The number of hydrogen-bond donors (Lipinski definition) is 1. The highest BCUT2D eigenvalue weighted by Gasteiger charge is 2.12. The summed E-state index contributed by atoms with van der Waals surface area (Å²) in [7, 11) is 0. The van der Waals surface area contributed by atoms with Crippen LogP contribution in [0.3, 0.4) is 0 Å². The lowest BCUT2D eigenvalue weighted by atomic mass is 10.0. The van der Waals surface area contributed by atoms with E-state index in [0.717, 1.165) is 22.1 Å². The fourth-order valence-electron chi connectivity index (χ4n) is 3.34. The number of nitrogens with one attached hydrogen (secondary N) is 1. The molecule has 1 N–H and O–H groups in total. The lowest BCUT2D eigenvalue weighted by Gasteiger charge is -2.11. The fraction of sp³-hybridized carbons (Fsp3) is 0.120. The summed E-state index contributed by atoms with van der Waals surface area (Å²) < 4.78 is 11.0. The predicted molar refractivity (Wildman–Crippen MR) is 118 cm³/mol. The van der Waals surface area contributed by atoms with E-state index < -0.39 is 0 Å². The number of amides is 1. The molecule has 0 saturated carbocycles. The van der Waals surface area contributed by atoms with Crippen LogP contribution in [0.5, 0.6) is 5.75 Å². The first-order chi connectivity index (χ1) is 14.5. The van der Waals surface area contributed by atoms with Crippen LogP contribution in [-0.4, -0.2) is 12.5 Å². The molecule has 1 amide bonds. The Morgan fingerprint density at radius 1 is 0.933 bits per heavy atom. The van der Waals surface area contributed by atoms with E-state index in [9.17, 15) is 9.59 Å². The Hall–Kier alpha value is -3.86. The molecule has 0 bridgehead atoms. The molecule has 5 heteroatoms. The number of hydrogen-bond acceptors (Lipinski definition) is 4. The molecule has 0 aliphatic carbocycles. The molecule has 4 rings (SSSR count). The van der Waals surface area contributed by atoms with Gasteiger partial charge in [-0.1, -0.05) is 36.4 Å². The van der Waals surface area contributed by atoms with Gasteiger partial charge in [-0.05, 0) is 66.9 Å². The minimum atomic E-state index is -0.389. The topological polar surface area (TPSA) is 68.5 Å².